The van der Waals surface area contributed by atoms with Crippen LogP contribution in [-0.2, 0) is 41.6 Å². The second-order valence-electron chi connectivity index (χ2n) is 14.5. The third-order valence-corrected chi connectivity index (χ3v) is 13.4. The Labute approximate surface area is 386 Å². The Morgan fingerprint density at radius 3 is 1.22 bits per heavy atom. The molecule has 0 saturated carbocycles. The van der Waals surface area contributed by atoms with Gasteiger partial charge in [0, 0.05) is 48.6 Å². The molecule has 0 spiro atoms. The monoisotopic (exact) mass is 948 g/mol. The number of unbranched alkanes of at least 4 members (excludes halogenated alkanes) is 2. The van der Waals surface area contributed by atoms with Crippen LogP contribution in [0, 0.1) is 0 Å². The molecule has 0 aliphatic heterocycles. The highest BCUT2D eigenvalue weighted by atomic mass is 33.1. The summed E-state index contributed by atoms with van der Waals surface area (Å²) in [6.07, 6.45) is 7.24. The van der Waals surface area contributed by atoms with E-state index in [1.54, 1.807) is 48.5 Å². The number of carbonyl (C=O) groups excluding carboxylic acids is 8. The first-order chi connectivity index (χ1) is 30.2. The number of rotatable bonds is 30. The van der Waals surface area contributed by atoms with Crippen molar-refractivity contribution in [2.45, 2.75) is 109 Å². The zero-order valence-corrected chi connectivity index (χ0v) is 39.9. The lowest BCUT2D eigenvalue weighted by molar-refractivity contribution is -0.129. The van der Waals surface area contributed by atoms with Crippen LogP contribution in [0.1, 0.15) is 103 Å². The molecule has 0 aliphatic carbocycles. The quantitative estimate of drug-likeness (QED) is 0.0413. The Bertz CT molecular complexity index is 1660. The largest absolute Gasteiger partial charge is 0.355 e. The predicted molar refractivity (Wildman–Crippen MR) is 256 cm³/mol. The molecule has 16 nitrogen and oxygen atoms in total. The fourth-order valence-electron chi connectivity index (χ4n) is 5.87. The summed E-state index contributed by atoms with van der Waals surface area (Å²) in [4.78, 5) is 103. The molecular formula is C43H64N8O8S4. The molecule has 0 fully saturated rings. The summed E-state index contributed by atoms with van der Waals surface area (Å²) in [7, 11) is 5.99. The van der Waals surface area contributed by atoms with Gasteiger partial charge in [0.1, 0.15) is 12.1 Å². The number of carbonyl (C=O) groups is 8. The van der Waals surface area contributed by atoms with Crippen molar-refractivity contribution in [1.29, 1.82) is 0 Å². The number of imide groups is 2. The van der Waals surface area contributed by atoms with Gasteiger partial charge in [0.2, 0.25) is 35.4 Å². The van der Waals surface area contributed by atoms with E-state index in [9.17, 15) is 38.4 Å². The number of benzene rings is 2. The van der Waals surface area contributed by atoms with Crippen molar-refractivity contribution < 1.29 is 38.4 Å². The van der Waals surface area contributed by atoms with Gasteiger partial charge in [-0.25, -0.2) is 0 Å². The zero-order chi connectivity index (χ0) is 46.6. The average Bonchev–Trinajstić information content (AvgIpc) is 3.28. The molecule has 63 heavy (non-hydrogen) atoms. The number of hydrogen-bond donors (Lipinski definition) is 8. The number of hydrogen-bond acceptors (Lipinski definition) is 14. The van der Waals surface area contributed by atoms with Gasteiger partial charge >= 0.3 is 0 Å². The molecule has 20 heteroatoms. The van der Waals surface area contributed by atoms with Gasteiger partial charge in [-0.2, -0.15) is 0 Å². The molecule has 0 aromatic heterocycles. The van der Waals surface area contributed by atoms with Gasteiger partial charge in [-0.15, -0.1) is 0 Å². The molecular weight excluding hydrogens is 885 g/mol. The maximum absolute atomic E-state index is 13.3. The second kappa shape index (κ2) is 31.7. The molecule has 0 radical (unpaired) electrons. The summed E-state index contributed by atoms with van der Waals surface area (Å²) < 4.78 is 0. The molecule has 10 N–H and O–H groups in total. The van der Waals surface area contributed by atoms with Crippen molar-refractivity contribution in [1.82, 2.24) is 31.9 Å². The van der Waals surface area contributed by atoms with Crippen LogP contribution >= 0.6 is 43.2 Å². The van der Waals surface area contributed by atoms with Crippen molar-refractivity contribution >= 4 is 90.4 Å². The van der Waals surface area contributed by atoms with Gasteiger partial charge < -0.3 is 32.7 Å². The molecule has 0 bridgehead atoms. The van der Waals surface area contributed by atoms with Crippen LogP contribution < -0.4 is 43.4 Å². The topological polar surface area (TPSA) is 261 Å². The highest BCUT2D eigenvalue weighted by Gasteiger charge is 2.25. The second-order valence-corrected chi connectivity index (χ2v) is 19.7. The molecule has 0 aliphatic rings. The van der Waals surface area contributed by atoms with E-state index in [2.05, 4.69) is 31.9 Å². The van der Waals surface area contributed by atoms with E-state index in [1.807, 2.05) is 26.4 Å². The van der Waals surface area contributed by atoms with Gasteiger partial charge in [0.25, 0.3) is 11.8 Å². The van der Waals surface area contributed by atoms with Crippen LogP contribution in [0.25, 0.3) is 0 Å². The van der Waals surface area contributed by atoms with E-state index in [1.165, 1.54) is 43.2 Å². The number of amides is 8. The number of nitrogens with two attached hydrogens (primary N) is 2. The van der Waals surface area contributed by atoms with Crippen molar-refractivity contribution in [3.63, 3.8) is 0 Å². The van der Waals surface area contributed by atoms with Gasteiger partial charge in [-0.05, 0) is 106 Å². The average molecular weight is 949 g/mol. The van der Waals surface area contributed by atoms with E-state index in [4.69, 9.17) is 11.5 Å². The Hall–Kier alpha value is -4.08. The number of aryl methyl sites for hydroxylation is 2. The van der Waals surface area contributed by atoms with Crippen molar-refractivity contribution in [2.24, 2.45) is 11.5 Å². The normalized spacial score (nSPS) is 12.8. The van der Waals surface area contributed by atoms with Crippen molar-refractivity contribution in [2.75, 3.05) is 37.1 Å². The highest BCUT2D eigenvalue weighted by Crippen LogP contribution is 2.18. The van der Waals surface area contributed by atoms with Crippen LogP contribution in [0.5, 0.6) is 0 Å². The van der Waals surface area contributed by atoms with E-state index in [0.717, 1.165) is 24.0 Å². The summed E-state index contributed by atoms with van der Waals surface area (Å²) in [6.45, 7) is 4.57. The maximum Gasteiger partial charge on any atom is 0.257 e. The minimum absolute atomic E-state index is 0.0635. The summed E-state index contributed by atoms with van der Waals surface area (Å²) >= 11 is 0. The molecule has 2 aromatic carbocycles. The van der Waals surface area contributed by atoms with Crippen molar-refractivity contribution in [3.05, 3.63) is 70.8 Å². The lowest BCUT2D eigenvalue weighted by Crippen LogP contribution is -2.49. The Morgan fingerprint density at radius 2 is 0.889 bits per heavy atom. The Kier molecular flexibility index (Phi) is 27.7. The van der Waals surface area contributed by atoms with E-state index >= 15 is 0 Å². The van der Waals surface area contributed by atoms with Crippen molar-refractivity contribution in [3.8, 4) is 0 Å². The maximum atomic E-state index is 13.3. The highest BCUT2D eigenvalue weighted by molar-refractivity contribution is 8.76. The Morgan fingerprint density at radius 1 is 0.524 bits per heavy atom. The first-order valence-corrected chi connectivity index (χ1v) is 26.5. The van der Waals surface area contributed by atoms with E-state index in [-0.39, 0.29) is 55.0 Å². The molecule has 348 valence electrons. The Balaban J connectivity index is 2.02. The fourth-order valence-corrected chi connectivity index (χ4v) is 8.44. The molecule has 2 aromatic rings. The van der Waals surface area contributed by atoms with Crippen LogP contribution in [-0.4, -0.2) is 109 Å². The fraction of sp³-hybridized carbons (Fsp3) is 0.535. The smallest absolute Gasteiger partial charge is 0.257 e. The SMILES string of the molecule is CCc1ccc(C(=O)NC(=O)C(CCCCNC(=O)C(N)CSSC)NC(=O)CCCC(=O)NC(CCCCNC(=O)C(N)CSSC)C(=O)NC(=O)c2ccc(CC)cc2)cc1. The van der Waals surface area contributed by atoms with E-state index < -0.39 is 59.6 Å². The lowest BCUT2D eigenvalue weighted by Gasteiger charge is -2.19. The van der Waals surface area contributed by atoms with Crippen LogP contribution in [0.15, 0.2) is 48.5 Å². The molecule has 4 unspecified atom stereocenters. The third-order valence-electron chi connectivity index (χ3n) is 9.68. The van der Waals surface area contributed by atoms with Gasteiger partial charge in [-0.1, -0.05) is 81.3 Å². The predicted octanol–water partition coefficient (Wildman–Crippen LogP) is 3.41. The van der Waals surface area contributed by atoms with Crippen LogP contribution in [0.3, 0.4) is 0 Å². The standard InChI is InChI=1S/C43H64N8O8S4/c1-5-28-16-20-30(21-17-28)38(54)50-42(58)34(12-7-9-24-46-40(56)32(44)26-62-60-3)48-36(52)14-11-15-37(53)49-35(13-8-10-25-47-41(57)33(45)27-63-61-4)43(59)51-39(55)31-22-18-29(6-2)19-23-31/h16-23,32-35H,5-15,24-27,44-45H2,1-4H3,(H,46,56)(H,47,57)(H,48,52)(H,49,53)(H,50,54,58)(H,51,55,59). The summed E-state index contributed by atoms with van der Waals surface area (Å²) in [5.74, 6) is -3.36. The summed E-state index contributed by atoms with van der Waals surface area (Å²) in [5.41, 5.74) is 14.4. The molecule has 8 amide bonds. The zero-order valence-electron chi connectivity index (χ0n) is 36.6. The van der Waals surface area contributed by atoms with E-state index in [0.29, 0.717) is 50.3 Å². The van der Waals surface area contributed by atoms with Crippen LogP contribution in [0.2, 0.25) is 0 Å². The lowest BCUT2D eigenvalue weighted by atomic mass is 10.1. The summed E-state index contributed by atoms with van der Waals surface area (Å²) in [5, 5.41) is 15.7. The third kappa shape index (κ3) is 22.4. The molecule has 4 atom stereocenters. The molecule has 0 saturated heterocycles. The van der Waals surface area contributed by atoms with Crippen LogP contribution in [0.4, 0.5) is 0 Å². The minimum atomic E-state index is -1.08. The number of nitrogens with one attached hydrogen (secondary N) is 6. The first-order valence-electron chi connectivity index (χ1n) is 21.1. The van der Waals surface area contributed by atoms with Gasteiger partial charge in [0.15, 0.2) is 0 Å². The van der Waals surface area contributed by atoms with Gasteiger partial charge in [-0.3, -0.25) is 49.0 Å². The first kappa shape index (κ1) is 55.1. The minimum Gasteiger partial charge on any atom is -0.355 e. The van der Waals surface area contributed by atoms with Gasteiger partial charge in [0.05, 0.1) is 12.1 Å². The summed E-state index contributed by atoms with van der Waals surface area (Å²) in [6, 6.07) is 10.2. The molecule has 0 heterocycles. The molecule has 2 rings (SSSR count).